The predicted molar refractivity (Wildman–Crippen MR) is 133 cm³/mol. The van der Waals surface area contributed by atoms with Crippen molar-refractivity contribution in [2.24, 2.45) is 0 Å². The quantitative estimate of drug-likeness (QED) is 0.383. The number of fused-ring (bicyclic) bond motifs is 1. The maximum Gasteiger partial charge on any atom is 0.278 e. The standard InChI is InChI=1S/C25H23ClFN5O3/c1-15(33)28-11-12-32-24-21(30-23(25(32)34)17-4-6-18(35-2)7-5-17)9-10-22(31-24)29-14-16-3-8-20(27)19(26)13-16/h3-10,13H,11-12,14H2,1-2H3,(H,28,33)(H,29,31). The lowest BCUT2D eigenvalue weighted by Crippen LogP contribution is -2.31. The second kappa shape index (κ2) is 10.5. The van der Waals surface area contributed by atoms with Gasteiger partial charge in [-0.15, -0.1) is 0 Å². The van der Waals surface area contributed by atoms with Crippen LogP contribution >= 0.6 is 11.6 Å². The molecule has 0 fully saturated rings. The molecule has 0 bridgehead atoms. The van der Waals surface area contributed by atoms with Crippen LogP contribution < -0.4 is 20.9 Å². The molecule has 180 valence electrons. The second-order valence-corrected chi connectivity index (χ2v) is 8.18. The number of nitrogens with one attached hydrogen (secondary N) is 2. The molecule has 0 aliphatic carbocycles. The average Bonchev–Trinajstić information content (AvgIpc) is 2.85. The van der Waals surface area contributed by atoms with Crippen LogP contribution in [0.25, 0.3) is 22.4 Å². The van der Waals surface area contributed by atoms with Crippen molar-refractivity contribution in [1.29, 1.82) is 0 Å². The van der Waals surface area contributed by atoms with E-state index in [9.17, 15) is 14.0 Å². The van der Waals surface area contributed by atoms with Crippen LogP contribution in [0.1, 0.15) is 12.5 Å². The number of hydrogen-bond donors (Lipinski definition) is 2. The zero-order valence-corrected chi connectivity index (χ0v) is 19.9. The molecule has 10 heteroatoms. The fourth-order valence-electron chi connectivity index (χ4n) is 3.55. The van der Waals surface area contributed by atoms with Crippen molar-refractivity contribution in [3.05, 3.63) is 81.4 Å². The molecule has 1 amide bonds. The molecule has 0 unspecified atom stereocenters. The molecule has 2 heterocycles. The SMILES string of the molecule is COc1ccc(-c2nc3ccc(NCc4ccc(F)c(Cl)c4)nc3n(CCNC(C)=O)c2=O)cc1. The summed E-state index contributed by atoms with van der Waals surface area (Å²) in [5, 5.41) is 5.91. The van der Waals surface area contributed by atoms with Gasteiger partial charge in [-0.1, -0.05) is 17.7 Å². The predicted octanol–water partition coefficient (Wildman–Crippen LogP) is 4.01. The average molecular weight is 496 g/mol. The van der Waals surface area contributed by atoms with E-state index >= 15 is 0 Å². The van der Waals surface area contributed by atoms with Gasteiger partial charge in [0, 0.05) is 32.1 Å². The number of anilines is 1. The molecule has 0 atom stereocenters. The van der Waals surface area contributed by atoms with Crippen molar-refractivity contribution in [2.75, 3.05) is 19.0 Å². The number of methoxy groups -OCH3 is 1. The van der Waals surface area contributed by atoms with Crippen LogP contribution in [0.2, 0.25) is 5.02 Å². The van der Waals surface area contributed by atoms with Gasteiger partial charge in [-0.2, -0.15) is 0 Å². The van der Waals surface area contributed by atoms with Crippen molar-refractivity contribution in [1.82, 2.24) is 19.9 Å². The van der Waals surface area contributed by atoms with Crippen molar-refractivity contribution < 1.29 is 13.9 Å². The van der Waals surface area contributed by atoms with E-state index in [1.165, 1.54) is 23.6 Å². The number of aromatic nitrogens is 3. The minimum absolute atomic E-state index is 0.0397. The summed E-state index contributed by atoms with van der Waals surface area (Å²) in [6, 6.07) is 15.0. The first-order valence-corrected chi connectivity index (χ1v) is 11.2. The number of carbonyl (C=O) groups is 1. The van der Waals surface area contributed by atoms with E-state index in [4.69, 9.17) is 16.3 Å². The zero-order valence-electron chi connectivity index (χ0n) is 19.1. The molecule has 4 rings (SSSR count). The number of benzene rings is 2. The molecule has 0 saturated heterocycles. The van der Waals surface area contributed by atoms with Crippen molar-refractivity contribution in [3.8, 4) is 17.0 Å². The van der Waals surface area contributed by atoms with Crippen molar-refractivity contribution >= 4 is 34.5 Å². The summed E-state index contributed by atoms with van der Waals surface area (Å²) < 4.78 is 20.1. The lowest BCUT2D eigenvalue weighted by Gasteiger charge is -2.14. The Morgan fingerprint density at radius 2 is 1.89 bits per heavy atom. The van der Waals surface area contributed by atoms with E-state index in [-0.39, 0.29) is 35.3 Å². The number of ether oxygens (including phenoxy) is 1. The fourth-order valence-corrected chi connectivity index (χ4v) is 3.75. The first kappa shape index (κ1) is 24.2. The Hall–Kier alpha value is -3.98. The molecule has 0 aliphatic heterocycles. The molecule has 35 heavy (non-hydrogen) atoms. The maximum absolute atomic E-state index is 13.4. The summed E-state index contributed by atoms with van der Waals surface area (Å²) in [4.78, 5) is 34.0. The molecular weight excluding hydrogens is 473 g/mol. The molecular formula is C25H23ClFN5O3. The van der Waals surface area contributed by atoms with Gasteiger partial charge in [0.1, 0.15) is 28.6 Å². The molecule has 0 aliphatic rings. The van der Waals surface area contributed by atoms with E-state index in [0.717, 1.165) is 5.56 Å². The van der Waals surface area contributed by atoms with Gasteiger partial charge in [0.25, 0.3) is 5.56 Å². The first-order chi connectivity index (χ1) is 16.9. The smallest absolute Gasteiger partial charge is 0.278 e. The monoisotopic (exact) mass is 495 g/mol. The third kappa shape index (κ3) is 5.58. The maximum atomic E-state index is 13.4. The molecule has 2 N–H and O–H groups in total. The van der Waals surface area contributed by atoms with Crippen LogP contribution in [0.5, 0.6) is 5.75 Å². The van der Waals surface area contributed by atoms with Crippen LogP contribution in [0, 0.1) is 5.82 Å². The third-order valence-electron chi connectivity index (χ3n) is 5.32. The van der Waals surface area contributed by atoms with Gasteiger partial charge in [0.2, 0.25) is 5.91 Å². The minimum Gasteiger partial charge on any atom is -0.497 e. The molecule has 4 aromatic rings. The zero-order chi connectivity index (χ0) is 24.9. The number of halogens is 2. The summed E-state index contributed by atoms with van der Waals surface area (Å²) in [6.07, 6.45) is 0. The summed E-state index contributed by atoms with van der Waals surface area (Å²) in [6.45, 7) is 2.23. The second-order valence-electron chi connectivity index (χ2n) is 7.77. The first-order valence-electron chi connectivity index (χ1n) is 10.8. The third-order valence-corrected chi connectivity index (χ3v) is 5.61. The minimum atomic E-state index is -0.485. The Labute approximate surface area is 205 Å². The highest BCUT2D eigenvalue weighted by Gasteiger charge is 2.15. The Morgan fingerprint density at radius 3 is 2.57 bits per heavy atom. The summed E-state index contributed by atoms with van der Waals surface area (Å²) >= 11 is 5.86. The van der Waals surface area contributed by atoms with E-state index < -0.39 is 5.82 Å². The largest absolute Gasteiger partial charge is 0.497 e. The van der Waals surface area contributed by atoms with E-state index in [1.807, 2.05) is 0 Å². The van der Waals surface area contributed by atoms with Crippen LogP contribution in [-0.4, -0.2) is 34.1 Å². The van der Waals surface area contributed by atoms with E-state index in [1.54, 1.807) is 49.6 Å². The molecule has 0 radical (unpaired) electrons. The molecule has 8 nitrogen and oxygen atoms in total. The lowest BCUT2D eigenvalue weighted by molar-refractivity contribution is -0.118. The number of nitrogens with zero attached hydrogens (tertiary/aromatic N) is 3. The Balaban J connectivity index is 1.71. The van der Waals surface area contributed by atoms with Gasteiger partial charge in [0.05, 0.1) is 12.1 Å². The molecule has 2 aromatic carbocycles. The molecule has 0 spiro atoms. The van der Waals surface area contributed by atoms with Gasteiger partial charge in [-0.3, -0.25) is 14.2 Å². The summed E-state index contributed by atoms with van der Waals surface area (Å²) in [5.41, 5.74) is 2.25. The Morgan fingerprint density at radius 1 is 1.11 bits per heavy atom. The highest BCUT2D eigenvalue weighted by atomic mass is 35.5. The van der Waals surface area contributed by atoms with E-state index in [2.05, 4.69) is 20.6 Å². The molecule has 0 saturated carbocycles. The van der Waals surface area contributed by atoms with Gasteiger partial charge < -0.3 is 15.4 Å². The lowest BCUT2D eigenvalue weighted by atomic mass is 10.1. The number of carbonyl (C=O) groups excluding carboxylic acids is 1. The number of amides is 1. The Bertz CT molecular complexity index is 1440. The normalized spacial score (nSPS) is 10.9. The highest BCUT2D eigenvalue weighted by molar-refractivity contribution is 6.30. The number of hydrogen-bond acceptors (Lipinski definition) is 6. The number of rotatable bonds is 8. The molecule has 2 aromatic heterocycles. The van der Waals surface area contributed by atoms with Crippen LogP contribution in [0.3, 0.4) is 0 Å². The van der Waals surface area contributed by atoms with Crippen molar-refractivity contribution in [2.45, 2.75) is 20.0 Å². The van der Waals surface area contributed by atoms with Crippen LogP contribution in [0.4, 0.5) is 10.2 Å². The Kier molecular flexibility index (Phi) is 7.26. The van der Waals surface area contributed by atoms with Gasteiger partial charge in [-0.25, -0.2) is 14.4 Å². The topological polar surface area (TPSA) is 98.1 Å². The summed E-state index contributed by atoms with van der Waals surface area (Å²) in [7, 11) is 1.57. The van der Waals surface area contributed by atoms with Crippen molar-refractivity contribution in [3.63, 3.8) is 0 Å². The number of pyridine rings is 1. The van der Waals surface area contributed by atoms with Gasteiger partial charge in [0.15, 0.2) is 5.65 Å². The summed E-state index contributed by atoms with van der Waals surface area (Å²) in [5.74, 6) is 0.492. The fraction of sp³-hybridized carbons (Fsp3) is 0.200. The van der Waals surface area contributed by atoms with Crippen LogP contribution in [-0.2, 0) is 17.9 Å². The highest BCUT2D eigenvalue weighted by Crippen LogP contribution is 2.22. The van der Waals surface area contributed by atoms with E-state index in [0.29, 0.717) is 34.8 Å². The van der Waals surface area contributed by atoms with Gasteiger partial charge >= 0.3 is 0 Å². The van der Waals surface area contributed by atoms with Gasteiger partial charge in [-0.05, 0) is 54.1 Å². The van der Waals surface area contributed by atoms with Crippen LogP contribution in [0.15, 0.2) is 59.4 Å².